The van der Waals surface area contributed by atoms with E-state index in [0.29, 0.717) is 41.0 Å². The maximum absolute atomic E-state index is 13.5. The van der Waals surface area contributed by atoms with E-state index in [9.17, 15) is 4.79 Å². The van der Waals surface area contributed by atoms with Gasteiger partial charge in [-0.3, -0.25) is 4.79 Å². The number of carbonyl (C=O) groups is 1. The molecule has 2 heterocycles. The van der Waals surface area contributed by atoms with Crippen molar-refractivity contribution < 1.29 is 14.3 Å². The number of methoxy groups -OCH3 is 1. The fraction of sp³-hybridized carbons (Fsp3) is 0.179. The van der Waals surface area contributed by atoms with Crippen LogP contribution in [0.3, 0.4) is 0 Å². The molecule has 1 atom stereocenters. The molecule has 8 heteroatoms. The number of aryl methyl sites for hydroxylation is 1. The Morgan fingerprint density at radius 1 is 1.03 bits per heavy atom. The second-order valence-electron chi connectivity index (χ2n) is 8.60. The lowest BCUT2D eigenvalue weighted by Gasteiger charge is -2.29. The molecule has 1 amide bonds. The van der Waals surface area contributed by atoms with Crippen LogP contribution < -0.4 is 20.1 Å². The topological polar surface area (TPSA) is 90.3 Å². The lowest BCUT2D eigenvalue weighted by atomic mass is 9.94. The van der Waals surface area contributed by atoms with Gasteiger partial charge < -0.3 is 20.1 Å². The number of nitrogens with one attached hydrogen (secondary N) is 2. The zero-order valence-electron chi connectivity index (χ0n) is 20.4. The fourth-order valence-electron chi connectivity index (χ4n) is 4.23. The van der Waals surface area contributed by atoms with E-state index in [4.69, 9.17) is 9.47 Å². The number of para-hydroxylation sites is 1. The number of rotatable bonds is 7. The Labute approximate surface area is 209 Å². The molecule has 0 bridgehead atoms. The van der Waals surface area contributed by atoms with Crippen LogP contribution >= 0.6 is 0 Å². The van der Waals surface area contributed by atoms with Crippen LogP contribution in [0.2, 0.25) is 0 Å². The van der Waals surface area contributed by atoms with E-state index >= 15 is 0 Å². The van der Waals surface area contributed by atoms with Crippen molar-refractivity contribution in [3.05, 3.63) is 107 Å². The van der Waals surface area contributed by atoms with E-state index in [-0.39, 0.29) is 5.91 Å². The van der Waals surface area contributed by atoms with Gasteiger partial charge in [-0.15, -0.1) is 0 Å². The van der Waals surface area contributed by atoms with Gasteiger partial charge in [0, 0.05) is 11.4 Å². The highest BCUT2D eigenvalue weighted by Gasteiger charge is 2.34. The first-order valence-electron chi connectivity index (χ1n) is 11.6. The smallest absolute Gasteiger partial charge is 0.255 e. The summed E-state index contributed by atoms with van der Waals surface area (Å²) in [6.07, 6.45) is 1.47. The Hall–Kier alpha value is -4.59. The summed E-state index contributed by atoms with van der Waals surface area (Å²) in [6.45, 7) is 4.33. The summed E-state index contributed by atoms with van der Waals surface area (Å²) in [5, 5.41) is 10.6. The molecule has 0 saturated heterocycles. The van der Waals surface area contributed by atoms with Gasteiger partial charge in [-0.2, -0.15) is 10.1 Å². The number of aromatic nitrogens is 3. The largest absolute Gasteiger partial charge is 0.493 e. The van der Waals surface area contributed by atoms with Gasteiger partial charge in [0.15, 0.2) is 11.5 Å². The molecule has 0 unspecified atom stereocenters. The first-order valence-corrected chi connectivity index (χ1v) is 11.6. The van der Waals surface area contributed by atoms with Crippen LogP contribution in [-0.2, 0) is 11.4 Å². The first-order chi connectivity index (χ1) is 17.5. The minimum Gasteiger partial charge on any atom is -0.493 e. The second-order valence-corrected chi connectivity index (χ2v) is 8.60. The number of hydrogen-bond donors (Lipinski definition) is 2. The Bertz CT molecular complexity index is 1410. The summed E-state index contributed by atoms with van der Waals surface area (Å²) in [7, 11) is 1.60. The second kappa shape index (κ2) is 9.95. The maximum Gasteiger partial charge on any atom is 0.255 e. The Kier molecular flexibility index (Phi) is 6.40. The monoisotopic (exact) mass is 481 g/mol. The highest BCUT2D eigenvalue weighted by Crippen LogP contribution is 2.39. The van der Waals surface area contributed by atoms with Crippen molar-refractivity contribution in [1.29, 1.82) is 0 Å². The van der Waals surface area contributed by atoms with Gasteiger partial charge in [0.2, 0.25) is 5.95 Å². The molecule has 0 radical (unpaired) electrons. The zero-order chi connectivity index (χ0) is 25.1. The number of allylic oxidation sites excluding steroid dienone is 1. The number of amides is 1. The number of nitrogens with zero attached hydrogens (tertiary/aromatic N) is 3. The van der Waals surface area contributed by atoms with E-state index in [1.54, 1.807) is 11.8 Å². The molecule has 4 aromatic rings. The number of anilines is 2. The molecule has 2 N–H and O–H groups in total. The number of fused-ring (bicyclic) bond motifs is 1. The van der Waals surface area contributed by atoms with Crippen molar-refractivity contribution in [3.8, 4) is 11.5 Å². The molecule has 5 rings (SSSR count). The summed E-state index contributed by atoms with van der Waals surface area (Å²) in [5.41, 5.74) is 5.03. The molecule has 0 fully saturated rings. The van der Waals surface area contributed by atoms with Crippen molar-refractivity contribution >= 4 is 17.5 Å². The van der Waals surface area contributed by atoms with Crippen molar-refractivity contribution in [2.75, 3.05) is 17.7 Å². The van der Waals surface area contributed by atoms with E-state index in [0.717, 1.165) is 11.1 Å². The predicted octanol–water partition coefficient (Wildman–Crippen LogP) is 5.10. The standard InChI is InChI=1S/C28H27N5O3/c1-18-9-11-20(12-10-18)16-36-23-14-13-21(15-24(23)35-3)26-25(19(2)31-28-29-17-30-33(26)28)27(34)32-22-7-5-4-6-8-22/h4-15,17,26H,16H2,1-3H3,(H,32,34)(H,29,30,31)/t26-/m1/s1. The summed E-state index contributed by atoms with van der Waals surface area (Å²) < 4.78 is 13.4. The van der Waals surface area contributed by atoms with Crippen LogP contribution in [-0.4, -0.2) is 27.8 Å². The number of hydrogen-bond acceptors (Lipinski definition) is 6. The predicted molar refractivity (Wildman–Crippen MR) is 138 cm³/mol. The van der Waals surface area contributed by atoms with Gasteiger partial charge in [-0.1, -0.05) is 54.1 Å². The normalized spacial score (nSPS) is 14.6. The lowest BCUT2D eigenvalue weighted by Crippen LogP contribution is -2.31. The van der Waals surface area contributed by atoms with Gasteiger partial charge in [-0.25, -0.2) is 4.68 Å². The summed E-state index contributed by atoms with van der Waals surface area (Å²) in [6, 6.07) is 22.7. The van der Waals surface area contributed by atoms with Crippen LogP contribution in [0, 0.1) is 6.92 Å². The van der Waals surface area contributed by atoms with E-state index < -0.39 is 6.04 Å². The molecule has 182 valence electrons. The van der Waals surface area contributed by atoms with Crippen LogP contribution in [0.15, 0.2) is 90.4 Å². The Morgan fingerprint density at radius 3 is 2.56 bits per heavy atom. The van der Waals surface area contributed by atoms with Crippen molar-refractivity contribution in [1.82, 2.24) is 14.8 Å². The van der Waals surface area contributed by atoms with Crippen molar-refractivity contribution in [2.24, 2.45) is 0 Å². The van der Waals surface area contributed by atoms with E-state index in [1.807, 2.05) is 67.6 Å². The highest BCUT2D eigenvalue weighted by molar-refractivity contribution is 6.06. The van der Waals surface area contributed by atoms with Gasteiger partial charge in [0.1, 0.15) is 19.0 Å². The highest BCUT2D eigenvalue weighted by atomic mass is 16.5. The third-order valence-electron chi connectivity index (χ3n) is 6.09. The average molecular weight is 482 g/mol. The lowest BCUT2D eigenvalue weighted by molar-refractivity contribution is -0.113. The third-order valence-corrected chi connectivity index (χ3v) is 6.09. The van der Waals surface area contributed by atoms with Gasteiger partial charge >= 0.3 is 0 Å². The average Bonchev–Trinajstić information content (AvgIpc) is 3.36. The Balaban J connectivity index is 1.47. The van der Waals surface area contributed by atoms with Gasteiger partial charge in [-0.05, 0) is 49.2 Å². The molecular formula is C28H27N5O3. The summed E-state index contributed by atoms with van der Waals surface area (Å²) in [5.74, 6) is 1.52. The molecule has 8 nitrogen and oxygen atoms in total. The molecule has 1 aliphatic heterocycles. The fourth-order valence-corrected chi connectivity index (χ4v) is 4.23. The summed E-state index contributed by atoms with van der Waals surface area (Å²) in [4.78, 5) is 17.8. The third kappa shape index (κ3) is 4.65. The van der Waals surface area contributed by atoms with Crippen LogP contribution in [0.5, 0.6) is 11.5 Å². The molecule has 0 spiro atoms. The minimum atomic E-state index is -0.507. The van der Waals surface area contributed by atoms with E-state index in [2.05, 4.69) is 39.8 Å². The van der Waals surface area contributed by atoms with Gasteiger partial charge in [0.05, 0.1) is 12.7 Å². The van der Waals surface area contributed by atoms with Crippen molar-refractivity contribution in [3.63, 3.8) is 0 Å². The molecular weight excluding hydrogens is 454 g/mol. The summed E-state index contributed by atoms with van der Waals surface area (Å²) >= 11 is 0. The van der Waals surface area contributed by atoms with E-state index in [1.165, 1.54) is 11.9 Å². The quantitative estimate of drug-likeness (QED) is 0.382. The number of benzene rings is 3. The zero-order valence-corrected chi connectivity index (χ0v) is 20.4. The molecule has 3 aromatic carbocycles. The van der Waals surface area contributed by atoms with Gasteiger partial charge in [0.25, 0.3) is 5.91 Å². The molecule has 0 aliphatic carbocycles. The molecule has 1 aromatic heterocycles. The molecule has 36 heavy (non-hydrogen) atoms. The Morgan fingerprint density at radius 2 is 1.81 bits per heavy atom. The SMILES string of the molecule is COc1cc([C@@H]2C(C(=O)Nc3ccccc3)=C(C)Nc3ncnn32)ccc1OCc1ccc(C)cc1. The van der Waals surface area contributed by atoms with Crippen LogP contribution in [0.25, 0.3) is 0 Å². The first kappa shape index (κ1) is 23.2. The maximum atomic E-state index is 13.5. The van der Waals surface area contributed by atoms with Crippen LogP contribution in [0.4, 0.5) is 11.6 Å². The van der Waals surface area contributed by atoms with Crippen molar-refractivity contribution in [2.45, 2.75) is 26.5 Å². The van der Waals surface area contributed by atoms with Crippen LogP contribution in [0.1, 0.15) is 29.7 Å². The number of carbonyl (C=O) groups excluding carboxylic acids is 1. The molecule has 0 saturated carbocycles. The minimum absolute atomic E-state index is 0.226. The number of ether oxygens (including phenoxy) is 2. The molecule has 1 aliphatic rings.